The number of aromatic nitrogens is 3. The van der Waals surface area contributed by atoms with E-state index in [2.05, 4.69) is 10.8 Å². The van der Waals surface area contributed by atoms with E-state index in [9.17, 15) is 13.2 Å². The summed E-state index contributed by atoms with van der Waals surface area (Å²) in [6.45, 7) is 2.58. The van der Waals surface area contributed by atoms with Crippen LogP contribution in [0, 0.1) is 6.92 Å². The number of piperidine rings is 1. The number of nitrogen functional groups attached to an aromatic ring is 1. The number of nitrogens with zero attached hydrogens (tertiary/aromatic N) is 4. The molecule has 1 atom stereocenters. The second kappa shape index (κ2) is 8.02. The minimum Gasteiger partial charge on any atom is -0.399 e. The number of amides is 1. The molecule has 1 aliphatic carbocycles. The molecule has 33 heavy (non-hydrogen) atoms. The Hall–Kier alpha value is -3.14. The highest BCUT2D eigenvalue weighted by atomic mass is 32.2. The third-order valence-electron chi connectivity index (χ3n) is 6.31. The van der Waals surface area contributed by atoms with Crippen molar-refractivity contribution in [1.82, 2.24) is 19.5 Å². The molecule has 1 saturated heterocycles. The Balaban J connectivity index is 1.52. The van der Waals surface area contributed by atoms with Crippen molar-refractivity contribution in [3.05, 3.63) is 53.0 Å². The first-order valence-corrected chi connectivity index (χ1v) is 13.1. The topological polar surface area (TPSA) is 123 Å². The van der Waals surface area contributed by atoms with E-state index < -0.39 is 10.0 Å². The van der Waals surface area contributed by atoms with Crippen molar-refractivity contribution < 1.29 is 13.2 Å². The summed E-state index contributed by atoms with van der Waals surface area (Å²) in [6.07, 6.45) is 6.05. The lowest BCUT2D eigenvalue weighted by atomic mass is 9.97. The van der Waals surface area contributed by atoms with Crippen molar-refractivity contribution in [2.75, 3.05) is 23.3 Å². The van der Waals surface area contributed by atoms with E-state index in [1.807, 2.05) is 17.5 Å². The molecule has 2 fully saturated rings. The number of aryl methyl sites for hydroxylation is 1. The van der Waals surface area contributed by atoms with Gasteiger partial charge in [-0.1, -0.05) is 0 Å². The van der Waals surface area contributed by atoms with E-state index in [0.29, 0.717) is 18.2 Å². The number of fused-ring (bicyclic) bond motifs is 1. The molecule has 0 bridgehead atoms. The SMILES string of the molecule is Cc1cc(C2CC2)nc2cc([C@@H]3CCCCN3C(=O)c3cc(N)ccc3NS(C)(=O)=O)nn12. The van der Waals surface area contributed by atoms with Gasteiger partial charge in [0.2, 0.25) is 10.0 Å². The van der Waals surface area contributed by atoms with Crippen LogP contribution in [0.5, 0.6) is 0 Å². The highest BCUT2D eigenvalue weighted by molar-refractivity contribution is 7.92. The van der Waals surface area contributed by atoms with Gasteiger partial charge in [-0.05, 0) is 63.3 Å². The molecule has 3 N–H and O–H groups in total. The van der Waals surface area contributed by atoms with Crippen LogP contribution < -0.4 is 10.5 Å². The van der Waals surface area contributed by atoms with Crippen molar-refractivity contribution >= 4 is 33.0 Å². The fourth-order valence-corrected chi connectivity index (χ4v) is 5.16. The maximum Gasteiger partial charge on any atom is 0.256 e. The van der Waals surface area contributed by atoms with Gasteiger partial charge in [0, 0.05) is 35.6 Å². The maximum absolute atomic E-state index is 13.7. The van der Waals surface area contributed by atoms with Crippen molar-refractivity contribution in [2.45, 2.75) is 51.0 Å². The summed E-state index contributed by atoms with van der Waals surface area (Å²) in [7, 11) is -3.56. The summed E-state index contributed by atoms with van der Waals surface area (Å²) in [5.41, 5.74) is 10.5. The fraction of sp³-hybridized carbons (Fsp3) is 0.435. The van der Waals surface area contributed by atoms with Crippen LogP contribution in [-0.4, -0.2) is 46.6 Å². The van der Waals surface area contributed by atoms with E-state index in [0.717, 1.165) is 48.2 Å². The fourth-order valence-electron chi connectivity index (χ4n) is 4.58. The molecular weight excluding hydrogens is 440 g/mol. The van der Waals surface area contributed by atoms with Gasteiger partial charge >= 0.3 is 0 Å². The molecule has 1 aromatic carbocycles. The lowest BCUT2D eigenvalue weighted by Crippen LogP contribution is -2.39. The Morgan fingerprint density at radius 3 is 2.64 bits per heavy atom. The van der Waals surface area contributed by atoms with E-state index >= 15 is 0 Å². The molecule has 10 heteroatoms. The second-order valence-electron chi connectivity index (χ2n) is 9.13. The number of likely N-dealkylation sites (tertiary alicyclic amines) is 1. The summed E-state index contributed by atoms with van der Waals surface area (Å²) >= 11 is 0. The number of carbonyl (C=O) groups excluding carboxylic acids is 1. The van der Waals surface area contributed by atoms with Crippen LogP contribution in [0.25, 0.3) is 5.65 Å². The molecule has 3 heterocycles. The molecule has 174 valence electrons. The van der Waals surface area contributed by atoms with Gasteiger partial charge in [0.1, 0.15) is 0 Å². The summed E-state index contributed by atoms with van der Waals surface area (Å²) < 4.78 is 28.0. The smallest absolute Gasteiger partial charge is 0.256 e. The monoisotopic (exact) mass is 468 g/mol. The molecular formula is C23H28N6O3S. The molecule has 1 amide bonds. The summed E-state index contributed by atoms with van der Waals surface area (Å²) in [4.78, 5) is 20.3. The third-order valence-corrected chi connectivity index (χ3v) is 6.90. The Morgan fingerprint density at radius 1 is 1.12 bits per heavy atom. The van der Waals surface area contributed by atoms with Crippen LogP contribution in [0.2, 0.25) is 0 Å². The molecule has 2 aliphatic rings. The lowest BCUT2D eigenvalue weighted by molar-refractivity contribution is 0.0607. The first-order chi connectivity index (χ1) is 15.7. The van der Waals surface area contributed by atoms with Gasteiger partial charge < -0.3 is 10.6 Å². The summed E-state index contributed by atoms with van der Waals surface area (Å²) in [5, 5.41) is 4.81. The van der Waals surface area contributed by atoms with Gasteiger partial charge in [0.15, 0.2) is 5.65 Å². The lowest BCUT2D eigenvalue weighted by Gasteiger charge is -2.35. The summed E-state index contributed by atoms with van der Waals surface area (Å²) in [5.74, 6) is 0.280. The Bertz CT molecular complexity index is 1350. The largest absolute Gasteiger partial charge is 0.399 e. The van der Waals surface area contributed by atoms with Gasteiger partial charge in [-0.25, -0.2) is 17.9 Å². The third kappa shape index (κ3) is 4.39. The second-order valence-corrected chi connectivity index (χ2v) is 10.9. The number of rotatable bonds is 5. The zero-order valence-corrected chi connectivity index (χ0v) is 19.6. The number of nitrogens with one attached hydrogen (secondary N) is 1. The van der Waals surface area contributed by atoms with E-state index in [1.165, 1.54) is 25.0 Å². The van der Waals surface area contributed by atoms with Crippen molar-refractivity contribution in [1.29, 1.82) is 0 Å². The predicted molar refractivity (Wildman–Crippen MR) is 127 cm³/mol. The number of benzene rings is 1. The first kappa shape index (κ1) is 21.7. The molecule has 0 spiro atoms. The minimum atomic E-state index is -3.56. The maximum atomic E-state index is 13.7. The summed E-state index contributed by atoms with van der Waals surface area (Å²) in [6, 6.07) is 8.49. The molecule has 3 aromatic rings. The van der Waals surface area contributed by atoms with Gasteiger partial charge in [0.05, 0.1) is 29.2 Å². The zero-order chi connectivity index (χ0) is 23.3. The number of sulfonamides is 1. The van der Waals surface area contributed by atoms with Gasteiger partial charge in [-0.2, -0.15) is 5.10 Å². The minimum absolute atomic E-state index is 0.218. The molecule has 0 unspecified atom stereocenters. The predicted octanol–water partition coefficient (Wildman–Crippen LogP) is 3.24. The Labute approximate surface area is 193 Å². The normalized spacial score (nSPS) is 19.1. The van der Waals surface area contributed by atoms with E-state index in [-0.39, 0.29) is 23.2 Å². The zero-order valence-electron chi connectivity index (χ0n) is 18.8. The van der Waals surface area contributed by atoms with Crippen molar-refractivity contribution in [3.8, 4) is 0 Å². The van der Waals surface area contributed by atoms with Crippen LogP contribution in [0.3, 0.4) is 0 Å². The highest BCUT2D eigenvalue weighted by Gasteiger charge is 2.33. The average molecular weight is 469 g/mol. The molecule has 0 radical (unpaired) electrons. The standard InChI is InChI=1S/C23H28N6O3S/c1-14-11-19(15-6-7-15)25-22-13-20(26-29(14)22)21-5-3-4-10-28(21)23(30)17-12-16(24)8-9-18(17)27-33(2,31)32/h8-9,11-13,15,21,27H,3-7,10,24H2,1-2H3/t21-/m0/s1. The molecule has 2 aromatic heterocycles. The molecule has 9 nitrogen and oxygen atoms in total. The number of anilines is 2. The first-order valence-electron chi connectivity index (χ1n) is 11.2. The van der Waals surface area contributed by atoms with Crippen molar-refractivity contribution in [3.63, 3.8) is 0 Å². The quantitative estimate of drug-likeness (QED) is 0.554. The van der Waals surface area contributed by atoms with Gasteiger partial charge in [0.25, 0.3) is 5.91 Å². The average Bonchev–Trinajstić information content (AvgIpc) is 3.52. The Morgan fingerprint density at radius 2 is 1.91 bits per heavy atom. The Kier molecular flexibility index (Phi) is 5.27. The van der Waals surface area contributed by atoms with Crippen LogP contribution in [0.4, 0.5) is 11.4 Å². The molecule has 5 rings (SSSR count). The van der Waals surface area contributed by atoms with Crippen LogP contribution in [-0.2, 0) is 10.0 Å². The van der Waals surface area contributed by atoms with Crippen LogP contribution in [0.15, 0.2) is 30.3 Å². The van der Waals surface area contributed by atoms with Crippen LogP contribution >= 0.6 is 0 Å². The number of carbonyl (C=O) groups is 1. The van der Waals surface area contributed by atoms with Crippen molar-refractivity contribution in [2.24, 2.45) is 0 Å². The molecule has 1 aliphatic heterocycles. The number of hydrogen-bond donors (Lipinski definition) is 2. The number of hydrogen-bond acceptors (Lipinski definition) is 6. The van der Waals surface area contributed by atoms with Gasteiger partial charge in [-0.3, -0.25) is 9.52 Å². The number of nitrogens with two attached hydrogens (primary N) is 1. The molecule has 1 saturated carbocycles. The van der Waals surface area contributed by atoms with E-state index in [4.69, 9.17) is 15.8 Å². The highest BCUT2D eigenvalue weighted by Crippen LogP contribution is 2.40. The van der Waals surface area contributed by atoms with E-state index in [1.54, 1.807) is 11.0 Å². The van der Waals surface area contributed by atoms with Gasteiger partial charge in [-0.15, -0.1) is 0 Å². The van der Waals surface area contributed by atoms with Crippen LogP contribution in [0.1, 0.15) is 71.5 Å².